The average Bonchev–Trinajstić information content (AvgIpc) is 2.63. The zero-order valence-corrected chi connectivity index (χ0v) is 16.5. The molecule has 7 heteroatoms. The summed E-state index contributed by atoms with van der Waals surface area (Å²) in [5.41, 5.74) is 0.709. The molecule has 132 valence electrons. The molecule has 3 aromatic rings. The van der Waals surface area contributed by atoms with Crippen LogP contribution in [0.15, 0.2) is 62.5 Å². The molecular weight excluding hydrogens is 466 g/mol. The summed E-state index contributed by atoms with van der Waals surface area (Å²) in [7, 11) is 0. The number of phenols is 2. The Kier molecular flexibility index (Phi) is 5.29. The van der Waals surface area contributed by atoms with Crippen LogP contribution in [0.25, 0.3) is 10.8 Å². The number of benzene rings is 3. The summed E-state index contributed by atoms with van der Waals surface area (Å²) in [6, 6.07) is 14.6. The molecular formula is C19H13Br2NO4. The van der Waals surface area contributed by atoms with E-state index in [0.717, 1.165) is 10.8 Å². The maximum Gasteiger partial charge on any atom is 0.350 e. The Morgan fingerprint density at radius 3 is 2.35 bits per heavy atom. The highest BCUT2D eigenvalue weighted by atomic mass is 79.9. The topological polar surface area (TPSA) is 90.1 Å². The fourth-order valence-electron chi connectivity index (χ4n) is 2.53. The number of aliphatic carboxylic acids is 1. The van der Waals surface area contributed by atoms with E-state index in [2.05, 4.69) is 36.9 Å². The van der Waals surface area contributed by atoms with Crippen LogP contribution in [0.4, 0.5) is 5.69 Å². The quantitative estimate of drug-likeness (QED) is 0.451. The van der Waals surface area contributed by atoms with Gasteiger partial charge in [-0.05, 0) is 60.8 Å². The Labute approximate surface area is 165 Å². The van der Waals surface area contributed by atoms with Crippen LogP contribution in [-0.2, 0) is 11.2 Å². The monoisotopic (exact) mass is 477 g/mol. The Morgan fingerprint density at radius 1 is 0.962 bits per heavy atom. The van der Waals surface area contributed by atoms with Crippen LogP contribution in [0.2, 0.25) is 0 Å². The van der Waals surface area contributed by atoms with Crippen LogP contribution in [-0.4, -0.2) is 27.0 Å². The van der Waals surface area contributed by atoms with E-state index in [1.54, 1.807) is 12.1 Å². The van der Waals surface area contributed by atoms with E-state index in [9.17, 15) is 20.1 Å². The smallest absolute Gasteiger partial charge is 0.350 e. The molecule has 5 nitrogen and oxygen atoms in total. The number of carboxylic acids is 1. The lowest BCUT2D eigenvalue weighted by molar-refractivity contribution is -0.129. The van der Waals surface area contributed by atoms with Gasteiger partial charge >= 0.3 is 5.97 Å². The number of hydrogen-bond donors (Lipinski definition) is 3. The number of nitrogens with zero attached hydrogens (tertiary/aromatic N) is 1. The molecule has 0 heterocycles. The van der Waals surface area contributed by atoms with Crippen molar-refractivity contribution in [3.8, 4) is 11.5 Å². The third kappa shape index (κ3) is 3.73. The normalized spacial score (nSPS) is 11.7. The molecule has 0 aliphatic rings. The maximum absolute atomic E-state index is 11.6. The van der Waals surface area contributed by atoms with Gasteiger partial charge in [0.15, 0.2) is 0 Å². The third-order valence-electron chi connectivity index (χ3n) is 3.85. The number of phenolic OH excluding ortho intramolecular Hbond substituents is 2. The van der Waals surface area contributed by atoms with Gasteiger partial charge in [-0.1, -0.05) is 30.3 Å². The Hall–Kier alpha value is -2.38. The predicted octanol–water partition coefficient (Wildman–Crippen LogP) is 5.18. The first-order valence-corrected chi connectivity index (χ1v) is 9.14. The molecule has 0 saturated heterocycles. The minimum Gasteiger partial charge on any atom is -0.506 e. The predicted molar refractivity (Wildman–Crippen MR) is 108 cm³/mol. The number of aliphatic imine (C=N–C) groups is 1. The Morgan fingerprint density at radius 2 is 1.65 bits per heavy atom. The number of aromatic hydroxyl groups is 2. The Bertz CT molecular complexity index is 1050. The van der Waals surface area contributed by atoms with Crippen molar-refractivity contribution in [2.45, 2.75) is 6.42 Å². The van der Waals surface area contributed by atoms with Crippen LogP contribution >= 0.6 is 31.9 Å². The van der Waals surface area contributed by atoms with Gasteiger partial charge in [-0.2, -0.15) is 0 Å². The maximum atomic E-state index is 11.6. The fourth-order valence-corrected chi connectivity index (χ4v) is 3.74. The zero-order valence-electron chi connectivity index (χ0n) is 13.3. The van der Waals surface area contributed by atoms with Gasteiger partial charge in [0.25, 0.3) is 0 Å². The fraction of sp³-hybridized carbons (Fsp3) is 0.0526. The van der Waals surface area contributed by atoms with E-state index in [1.807, 2.05) is 30.3 Å². The van der Waals surface area contributed by atoms with Gasteiger partial charge in [0.2, 0.25) is 0 Å². The van der Waals surface area contributed by atoms with E-state index in [0.29, 0.717) is 15.7 Å². The molecule has 0 spiro atoms. The highest BCUT2D eigenvalue weighted by molar-refractivity contribution is 9.11. The number of carbonyl (C=O) groups is 1. The van der Waals surface area contributed by atoms with Gasteiger partial charge in [-0.15, -0.1) is 0 Å². The second kappa shape index (κ2) is 7.47. The summed E-state index contributed by atoms with van der Waals surface area (Å²) in [5, 5.41) is 31.5. The standard InChI is InChI=1S/C19H13Br2NO4/c20-14-8-12(17(23)16(21)18(14)24)9-15(19(25)26)22-13-6-5-10-3-1-2-4-11(10)7-13/h1-8,23-24H,9H2,(H,25,26). The van der Waals surface area contributed by atoms with Crippen LogP contribution in [0, 0.1) is 0 Å². The van der Waals surface area contributed by atoms with Crippen LogP contribution in [0.1, 0.15) is 5.56 Å². The van der Waals surface area contributed by atoms with Gasteiger partial charge < -0.3 is 15.3 Å². The van der Waals surface area contributed by atoms with Crippen molar-refractivity contribution in [2.24, 2.45) is 4.99 Å². The first-order chi connectivity index (χ1) is 12.4. The number of rotatable bonds is 4. The molecule has 26 heavy (non-hydrogen) atoms. The molecule has 0 fully saturated rings. The van der Waals surface area contributed by atoms with Gasteiger partial charge in [0.05, 0.1) is 10.2 Å². The molecule has 3 N–H and O–H groups in total. The number of fused-ring (bicyclic) bond motifs is 1. The number of halogens is 2. The molecule has 0 aliphatic carbocycles. The summed E-state index contributed by atoms with van der Waals surface area (Å²) in [6.07, 6.45) is -0.106. The van der Waals surface area contributed by atoms with Gasteiger partial charge in [0, 0.05) is 12.0 Å². The molecule has 0 aliphatic heterocycles. The summed E-state index contributed by atoms with van der Waals surface area (Å²) < 4.78 is 0.435. The average molecular weight is 479 g/mol. The lowest BCUT2D eigenvalue weighted by Crippen LogP contribution is -2.16. The van der Waals surface area contributed by atoms with Crippen LogP contribution in [0.3, 0.4) is 0 Å². The van der Waals surface area contributed by atoms with E-state index in [-0.39, 0.29) is 28.1 Å². The zero-order chi connectivity index (χ0) is 18.8. The summed E-state index contributed by atoms with van der Waals surface area (Å²) in [6.45, 7) is 0. The largest absolute Gasteiger partial charge is 0.506 e. The summed E-state index contributed by atoms with van der Waals surface area (Å²) in [4.78, 5) is 15.9. The second-order valence-electron chi connectivity index (χ2n) is 5.60. The van der Waals surface area contributed by atoms with Gasteiger partial charge in [-0.3, -0.25) is 0 Å². The molecule has 0 bridgehead atoms. The van der Waals surface area contributed by atoms with Crippen molar-refractivity contribution in [1.82, 2.24) is 0 Å². The summed E-state index contributed by atoms with van der Waals surface area (Å²) >= 11 is 6.26. The second-order valence-corrected chi connectivity index (χ2v) is 7.25. The highest BCUT2D eigenvalue weighted by Gasteiger charge is 2.18. The van der Waals surface area contributed by atoms with Gasteiger partial charge in [0.1, 0.15) is 21.7 Å². The van der Waals surface area contributed by atoms with Crippen molar-refractivity contribution in [3.05, 3.63) is 63.0 Å². The van der Waals surface area contributed by atoms with E-state index in [1.165, 1.54) is 6.07 Å². The minimum absolute atomic E-state index is 0.0947. The number of carboxylic acid groups (broad SMARTS) is 1. The molecule has 0 unspecified atom stereocenters. The number of hydrogen-bond acceptors (Lipinski definition) is 4. The minimum atomic E-state index is -1.18. The first kappa shape index (κ1) is 18.4. The SMILES string of the molecule is O=C(O)C(Cc1cc(Br)c(O)c(Br)c1O)=Nc1ccc2ccccc2c1. The Balaban J connectivity index is 2.02. The molecule has 0 saturated carbocycles. The first-order valence-electron chi connectivity index (χ1n) is 7.55. The summed E-state index contributed by atoms with van der Waals surface area (Å²) in [5.74, 6) is -1.56. The van der Waals surface area contributed by atoms with E-state index in [4.69, 9.17) is 0 Å². The van der Waals surface area contributed by atoms with Crippen molar-refractivity contribution in [2.75, 3.05) is 0 Å². The van der Waals surface area contributed by atoms with Gasteiger partial charge in [-0.25, -0.2) is 9.79 Å². The molecule has 3 rings (SSSR count). The van der Waals surface area contributed by atoms with Crippen LogP contribution < -0.4 is 0 Å². The van der Waals surface area contributed by atoms with Crippen molar-refractivity contribution in [3.63, 3.8) is 0 Å². The molecule has 0 radical (unpaired) electrons. The van der Waals surface area contributed by atoms with E-state index >= 15 is 0 Å². The van der Waals surface area contributed by atoms with Crippen molar-refractivity contribution < 1.29 is 20.1 Å². The van der Waals surface area contributed by atoms with Crippen molar-refractivity contribution in [1.29, 1.82) is 0 Å². The van der Waals surface area contributed by atoms with Crippen molar-refractivity contribution >= 4 is 60.0 Å². The highest BCUT2D eigenvalue weighted by Crippen LogP contribution is 2.41. The molecule has 3 aromatic carbocycles. The molecule has 0 atom stereocenters. The van der Waals surface area contributed by atoms with E-state index < -0.39 is 5.97 Å². The molecule has 0 aromatic heterocycles. The lowest BCUT2D eigenvalue weighted by atomic mass is 10.1. The third-order valence-corrected chi connectivity index (χ3v) is 5.20. The molecule has 0 amide bonds. The van der Waals surface area contributed by atoms with Crippen LogP contribution in [0.5, 0.6) is 11.5 Å². The lowest BCUT2D eigenvalue weighted by Gasteiger charge is -2.10.